The first-order valence-corrected chi connectivity index (χ1v) is 8.55. The highest BCUT2D eigenvalue weighted by Gasteiger charge is 2.60. The highest BCUT2D eigenvalue weighted by molar-refractivity contribution is 6.24. The summed E-state index contributed by atoms with van der Waals surface area (Å²) in [5, 5.41) is 4.82. The first-order chi connectivity index (χ1) is 10.8. The van der Waals surface area contributed by atoms with Crippen LogP contribution in [0.25, 0.3) is 0 Å². The molecule has 0 radical (unpaired) electrons. The van der Waals surface area contributed by atoms with Crippen LogP contribution in [0.2, 0.25) is 0 Å². The minimum atomic E-state index is -0.507. The first kappa shape index (κ1) is 16.6. The van der Waals surface area contributed by atoms with E-state index in [1.807, 2.05) is 0 Å². The lowest BCUT2D eigenvalue weighted by Gasteiger charge is -2.58. The Hall–Kier alpha value is -1.30. The maximum absolute atomic E-state index is 12.6. The summed E-state index contributed by atoms with van der Waals surface area (Å²) in [5.41, 5.74) is -0.507. The van der Waals surface area contributed by atoms with Gasteiger partial charge in [0.2, 0.25) is 5.91 Å². The molecule has 7 heteroatoms. The standard InChI is InChI=1S/C16H23ClN2O4/c1-18-12(20)7-19-13(21)8-23-14(22)15-3-10-2-11(4-15)6-16(17,5-10)9-15/h10-11H,2-9H2,1H3,(H,18,20)(H,19,21)/t10-,11-,15?,16?/m0/s1. The van der Waals surface area contributed by atoms with Gasteiger partial charge in [-0.15, -0.1) is 11.6 Å². The molecule has 0 aromatic rings. The third kappa shape index (κ3) is 3.32. The molecule has 0 saturated heterocycles. The molecule has 4 rings (SSSR count). The topological polar surface area (TPSA) is 84.5 Å². The van der Waals surface area contributed by atoms with Gasteiger partial charge in [-0.1, -0.05) is 0 Å². The molecular formula is C16H23ClN2O4. The Balaban J connectivity index is 1.54. The summed E-state index contributed by atoms with van der Waals surface area (Å²) in [6.07, 6.45) is 5.47. The van der Waals surface area contributed by atoms with Crippen molar-refractivity contribution in [2.24, 2.45) is 17.3 Å². The van der Waals surface area contributed by atoms with Crippen molar-refractivity contribution in [3.8, 4) is 0 Å². The van der Waals surface area contributed by atoms with E-state index in [2.05, 4.69) is 10.6 Å². The predicted molar refractivity (Wildman–Crippen MR) is 83.7 cm³/mol. The van der Waals surface area contributed by atoms with Crippen molar-refractivity contribution in [3.63, 3.8) is 0 Å². The number of carbonyl (C=O) groups is 3. The van der Waals surface area contributed by atoms with Gasteiger partial charge in [0, 0.05) is 11.9 Å². The quantitative estimate of drug-likeness (QED) is 0.576. The van der Waals surface area contributed by atoms with Crippen molar-refractivity contribution in [1.82, 2.24) is 10.6 Å². The van der Waals surface area contributed by atoms with Crippen molar-refractivity contribution in [2.75, 3.05) is 20.2 Å². The number of carbonyl (C=O) groups excluding carboxylic acids is 3. The number of hydrogen-bond acceptors (Lipinski definition) is 4. The molecule has 23 heavy (non-hydrogen) atoms. The number of rotatable bonds is 5. The van der Waals surface area contributed by atoms with Gasteiger partial charge in [-0.3, -0.25) is 14.4 Å². The van der Waals surface area contributed by atoms with Crippen LogP contribution in [0.1, 0.15) is 38.5 Å². The van der Waals surface area contributed by atoms with Crippen LogP contribution in [0, 0.1) is 17.3 Å². The fourth-order valence-corrected chi connectivity index (χ4v) is 5.68. The van der Waals surface area contributed by atoms with Gasteiger partial charge >= 0.3 is 5.97 Å². The molecule has 6 nitrogen and oxygen atoms in total. The summed E-state index contributed by atoms with van der Waals surface area (Å²) in [4.78, 5) is 35.1. The molecule has 4 fully saturated rings. The molecule has 0 unspecified atom stereocenters. The number of esters is 1. The second-order valence-corrected chi connectivity index (χ2v) is 8.22. The minimum absolute atomic E-state index is 0.118. The molecule has 2 amide bonds. The Morgan fingerprint density at radius 1 is 1.13 bits per heavy atom. The number of ether oxygens (including phenoxy) is 1. The van der Waals surface area contributed by atoms with Gasteiger partial charge in [0.25, 0.3) is 5.91 Å². The van der Waals surface area contributed by atoms with E-state index in [1.165, 1.54) is 7.05 Å². The number of nitrogens with one attached hydrogen (secondary N) is 2. The maximum Gasteiger partial charge on any atom is 0.312 e. The molecule has 0 heterocycles. The molecule has 2 atom stereocenters. The summed E-state index contributed by atoms with van der Waals surface area (Å²) in [5.74, 6) is -0.0550. The zero-order valence-corrected chi connectivity index (χ0v) is 14.1. The van der Waals surface area contributed by atoms with Gasteiger partial charge in [-0.25, -0.2) is 0 Å². The van der Waals surface area contributed by atoms with Crippen molar-refractivity contribution in [3.05, 3.63) is 0 Å². The Bertz CT molecular complexity index is 522. The molecule has 4 saturated carbocycles. The van der Waals surface area contributed by atoms with Crippen LogP contribution in [0.15, 0.2) is 0 Å². The van der Waals surface area contributed by atoms with Crippen LogP contribution in [-0.4, -0.2) is 42.9 Å². The summed E-state index contributed by atoms with van der Waals surface area (Å²) in [6, 6.07) is 0. The van der Waals surface area contributed by atoms with E-state index in [0.717, 1.165) is 32.1 Å². The fraction of sp³-hybridized carbons (Fsp3) is 0.812. The number of likely N-dealkylation sites (N-methyl/N-ethyl adjacent to an activating group) is 1. The highest BCUT2D eigenvalue weighted by atomic mass is 35.5. The number of hydrogen-bond donors (Lipinski definition) is 2. The van der Waals surface area contributed by atoms with Crippen LogP contribution in [0.3, 0.4) is 0 Å². The average molecular weight is 343 g/mol. The largest absolute Gasteiger partial charge is 0.455 e. The summed E-state index contributed by atoms with van der Waals surface area (Å²) < 4.78 is 5.26. The summed E-state index contributed by atoms with van der Waals surface area (Å²) in [6.45, 7) is -0.463. The fourth-order valence-electron chi connectivity index (χ4n) is 4.99. The van der Waals surface area contributed by atoms with Crippen LogP contribution < -0.4 is 10.6 Å². The van der Waals surface area contributed by atoms with Gasteiger partial charge in [0.1, 0.15) is 0 Å². The van der Waals surface area contributed by atoms with Crippen molar-refractivity contribution in [2.45, 2.75) is 43.4 Å². The van der Waals surface area contributed by atoms with Crippen LogP contribution >= 0.6 is 11.6 Å². The molecular weight excluding hydrogens is 320 g/mol. The van der Waals surface area contributed by atoms with E-state index in [9.17, 15) is 14.4 Å². The van der Waals surface area contributed by atoms with E-state index in [-0.39, 0.29) is 29.9 Å². The van der Waals surface area contributed by atoms with E-state index in [1.54, 1.807) is 0 Å². The number of amides is 2. The van der Waals surface area contributed by atoms with Gasteiger partial charge < -0.3 is 15.4 Å². The lowest BCUT2D eigenvalue weighted by atomic mass is 9.49. The molecule has 4 bridgehead atoms. The highest BCUT2D eigenvalue weighted by Crippen LogP contribution is 2.64. The summed E-state index contributed by atoms with van der Waals surface area (Å²) >= 11 is 6.70. The third-order valence-electron chi connectivity index (χ3n) is 5.48. The van der Waals surface area contributed by atoms with Crippen LogP contribution in [-0.2, 0) is 19.1 Å². The van der Waals surface area contributed by atoms with Crippen molar-refractivity contribution < 1.29 is 19.1 Å². The molecule has 0 aromatic heterocycles. The Labute approximate surface area is 140 Å². The average Bonchev–Trinajstić information content (AvgIpc) is 2.47. The van der Waals surface area contributed by atoms with Gasteiger partial charge in [0.15, 0.2) is 6.61 Å². The molecule has 4 aliphatic rings. The number of alkyl halides is 1. The van der Waals surface area contributed by atoms with E-state index in [4.69, 9.17) is 16.3 Å². The molecule has 128 valence electrons. The first-order valence-electron chi connectivity index (χ1n) is 8.18. The van der Waals surface area contributed by atoms with Crippen LogP contribution in [0.4, 0.5) is 0 Å². The van der Waals surface area contributed by atoms with E-state index in [0.29, 0.717) is 18.3 Å². The van der Waals surface area contributed by atoms with Gasteiger partial charge in [-0.05, 0) is 50.4 Å². The lowest BCUT2D eigenvalue weighted by molar-refractivity contribution is -0.171. The van der Waals surface area contributed by atoms with Crippen LogP contribution in [0.5, 0.6) is 0 Å². The number of halogens is 1. The summed E-state index contributed by atoms with van der Waals surface area (Å²) in [7, 11) is 1.49. The Kier molecular flexibility index (Phi) is 4.29. The smallest absolute Gasteiger partial charge is 0.312 e. The maximum atomic E-state index is 12.6. The van der Waals surface area contributed by atoms with E-state index < -0.39 is 11.3 Å². The van der Waals surface area contributed by atoms with Crippen molar-refractivity contribution >= 4 is 29.4 Å². The monoisotopic (exact) mass is 342 g/mol. The lowest BCUT2D eigenvalue weighted by Crippen LogP contribution is -2.56. The Morgan fingerprint density at radius 3 is 2.35 bits per heavy atom. The second kappa shape index (κ2) is 5.96. The molecule has 4 aliphatic carbocycles. The molecule has 0 spiro atoms. The minimum Gasteiger partial charge on any atom is -0.455 e. The van der Waals surface area contributed by atoms with Gasteiger partial charge in [0.05, 0.1) is 12.0 Å². The van der Waals surface area contributed by atoms with Gasteiger partial charge in [-0.2, -0.15) is 0 Å². The second-order valence-electron chi connectivity index (χ2n) is 7.42. The molecule has 0 aliphatic heterocycles. The third-order valence-corrected chi connectivity index (χ3v) is 5.92. The zero-order chi connectivity index (χ0) is 16.7. The zero-order valence-electron chi connectivity index (χ0n) is 13.3. The van der Waals surface area contributed by atoms with E-state index >= 15 is 0 Å². The SMILES string of the molecule is CNC(=O)CNC(=O)COC(=O)C12C[C@@H]3C[C@H](CC(Cl)(C3)C1)C2. The molecule has 0 aromatic carbocycles. The van der Waals surface area contributed by atoms with Crippen molar-refractivity contribution in [1.29, 1.82) is 0 Å². The molecule has 2 N–H and O–H groups in total. The normalized spacial score (nSPS) is 37.3. The predicted octanol–water partition coefficient (Wildman–Crippen LogP) is 0.970. The Morgan fingerprint density at radius 2 is 1.78 bits per heavy atom.